The molecule has 1 saturated heterocycles. The fraction of sp³-hybridized carbons (Fsp3) is 1.00. The molecule has 0 spiro atoms. The summed E-state index contributed by atoms with van der Waals surface area (Å²) in [5, 5.41) is 0. The van der Waals surface area contributed by atoms with Gasteiger partial charge >= 0.3 is 0 Å². The number of rotatable bonds is 5. The van der Waals surface area contributed by atoms with Crippen molar-refractivity contribution >= 4 is 10.0 Å². The van der Waals surface area contributed by atoms with Crippen LogP contribution in [0.5, 0.6) is 0 Å². The zero-order chi connectivity index (χ0) is 14.8. The second kappa shape index (κ2) is 6.52. The summed E-state index contributed by atoms with van der Waals surface area (Å²) in [6.45, 7) is 10.2. The largest absolute Gasteiger partial charge is 0.303 e. The summed E-state index contributed by atoms with van der Waals surface area (Å²) in [4.78, 5) is 4.75. The van der Waals surface area contributed by atoms with Gasteiger partial charge in [0.05, 0.1) is 6.26 Å². The Morgan fingerprint density at radius 1 is 1.26 bits per heavy atom. The first-order valence-corrected chi connectivity index (χ1v) is 8.83. The van der Waals surface area contributed by atoms with E-state index in [0.717, 1.165) is 19.6 Å². The van der Waals surface area contributed by atoms with Gasteiger partial charge in [-0.25, -0.2) is 12.7 Å². The minimum atomic E-state index is -3.10. The van der Waals surface area contributed by atoms with E-state index in [0.29, 0.717) is 18.5 Å². The second-order valence-corrected chi connectivity index (χ2v) is 8.27. The highest BCUT2D eigenvalue weighted by molar-refractivity contribution is 7.88. The molecule has 0 aromatic rings. The maximum absolute atomic E-state index is 11.6. The van der Waals surface area contributed by atoms with E-state index in [1.807, 2.05) is 0 Å². The standard InChI is InChI=1S/C13H29N3O2S/c1-11(2)12(3)16-8-7-14(4)9-13(16)10-15(5)19(6,17)18/h11-13H,7-10H2,1-6H3. The van der Waals surface area contributed by atoms with E-state index in [4.69, 9.17) is 0 Å². The molecule has 19 heavy (non-hydrogen) atoms. The Morgan fingerprint density at radius 3 is 2.32 bits per heavy atom. The molecule has 0 aromatic carbocycles. The molecule has 6 heteroatoms. The predicted molar refractivity (Wildman–Crippen MR) is 79.8 cm³/mol. The van der Waals surface area contributed by atoms with Gasteiger partial charge in [-0.3, -0.25) is 4.90 Å². The highest BCUT2D eigenvalue weighted by Gasteiger charge is 2.32. The number of sulfonamides is 1. The summed E-state index contributed by atoms with van der Waals surface area (Å²) in [5.74, 6) is 0.578. The van der Waals surface area contributed by atoms with Gasteiger partial charge in [0.15, 0.2) is 0 Å². The summed E-state index contributed by atoms with van der Waals surface area (Å²) in [5.41, 5.74) is 0. The van der Waals surface area contributed by atoms with Gasteiger partial charge < -0.3 is 4.90 Å². The van der Waals surface area contributed by atoms with Crippen LogP contribution in [0.2, 0.25) is 0 Å². The average Bonchev–Trinajstić information content (AvgIpc) is 2.27. The first kappa shape index (κ1) is 16.9. The monoisotopic (exact) mass is 291 g/mol. The lowest BCUT2D eigenvalue weighted by molar-refractivity contribution is 0.0349. The number of hydrogen-bond acceptors (Lipinski definition) is 4. The second-order valence-electron chi connectivity index (χ2n) is 6.18. The number of nitrogens with zero attached hydrogens (tertiary/aromatic N) is 3. The highest BCUT2D eigenvalue weighted by atomic mass is 32.2. The Hall–Kier alpha value is -0.170. The van der Waals surface area contributed by atoms with Crippen molar-refractivity contribution in [1.29, 1.82) is 0 Å². The lowest BCUT2D eigenvalue weighted by atomic mass is 10.0. The molecule has 0 bridgehead atoms. The lowest BCUT2D eigenvalue weighted by Crippen LogP contribution is -2.59. The molecule has 5 nitrogen and oxygen atoms in total. The van der Waals surface area contributed by atoms with Gasteiger partial charge in [-0.15, -0.1) is 0 Å². The van der Waals surface area contributed by atoms with Crippen LogP contribution in [0.4, 0.5) is 0 Å². The van der Waals surface area contributed by atoms with Crippen LogP contribution in [0, 0.1) is 5.92 Å². The number of likely N-dealkylation sites (N-methyl/N-ethyl adjacent to an activating group) is 2. The van der Waals surface area contributed by atoms with E-state index in [1.54, 1.807) is 7.05 Å². The summed E-state index contributed by atoms with van der Waals surface area (Å²) < 4.78 is 24.7. The van der Waals surface area contributed by atoms with Crippen LogP contribution in [0.15, 0.2) is 0 Å². The summed E-state index contributed by atoms with van der Waals surface area (Å²) in [6.07, 6.45) is 1.27. The van der Waals surface area contributed by atoms with Crippen LogP contribution < -0.4 is 0 Å². The number of hydrogen-bond donors (Lipinski definition) is 0. The van der Waals surface area contributed by atoms with Crippen molar-refractivity contribution in [3.63, 3.8) is 0 Å². The van der Waals surface area contributed by atoms with Crippen molar-refractivity contribution in [2.75, 3.05) is 46.5 Å². The summed E-state index contributed by atoms with van der Waals surface area (Å²) in [6, 6.07) is 0.752. The van der Waals surface area contributed by atoms with E-state index in [2.05, 4.69) is 37.6 Å². The SMILES string of the molecule is CC(C)C(C)N1CCN(C)CC1CN(C)S(C)(=O)=O. The van der Waals surface area contributed by atoms with Crippen LogP contribution in [0.25, 0.3) is 0 Å². The van der Waals surface area contributed by atoms with Crippen LogP contribution in [0.3, 0.4) is 0 Å². The molecule has 1 heterocycles. The third-order valence-corrected chi connectivity index (χ3v) is 5.53. The Labute approximate surface area is 118 Å². The Balaban J connectivity index is 2.79. The number of piperazine rings is 1. The zero-order valence-corrected chi connectivity index (χ0v) is 13.9. The van der Waals surface area contributed by atoms with Crippen molar-refractivity contribution < 1.29 is 8.42 Å². The molecule has 0 amide bonds. The van der Waals surface area contributed by atoms with Crippen molar-refractivity contribution in [3.05, 3.63) is 0 Å². The molecule has 1 rings (SSSR count). The molecule has 0 saturated carbocycles. The average molecular weight is 291 g/mol. The molecule has 0 aliphatic carbocycles. The van der Waals surface area contributed by atoms with Crippen LogP contribution in [-0.2, 0) is 10.0 Å². The first-order valence-electron chi connectivity index (χ1n) is 6.98. The van der Waals surface area contributed by atoms with Crippen LogP contribution in [-0.4, -0.2) is 81.1 Å². The van der Waals surface area contributed by atoms with Crippen LogP contribution in [0.1, 0.15) is 20.8 Å². The van der Waals surface area contributed by atoms with E-state index in [1.165, 1.54) is 10.6 Å². The van der Waals surface area contributed by atoms with E-state index in [-0.39, 0.29) is 6.04 Å². The van der Waals surface area contributed by atoms with Gasteiger partial charge in [0, 0.05) is 45.3 Å². The van der Waals surface area contributed by atoms with Gasteiger partial charge in [0.1, 0.15) is 0 Å². The van der Waals surface area contributed by atoms with Gasteiger partial charge in [0.25, 0.3) is 0 Å². The molecular weight excluding hydrogens is 262 g/mol. The van der Waals surface area contributed by atoms with E-state index < -0.39 is 10.0 Å². The van der Waals surface area contributed by atoms with Gasteiger partial charge in [-0.1, -0.05) is 13.8 Å². The third kappa shape index (κ3) is 4.70. The van der Waals surface area contributed by atoms with Crippen molar-refractivity contribution in [3.8, 4) is 0 Å². The van der Waals surface area contributed by atoms with E-state index in [9.17, 15) is 8.42 Å². The van der Waals surface area contributed by atoms with Crippen molar-refractivity contribution in [2.45, 2.75) is 32.9 Å². The molecule has 0 radical (unpaired) electrons. The topological polar surface area (TPSA) is 43.9 Å². The minimum absolute atomic E-state index is 0.274. The predicted octanol–water partition coefficient (Wildman–Crippen LogP) is 0.538. The third-order valence-electron chi connectivity index (χ3n) is 4.25. The Bertz CT molecular complexity index is 383. The van der Waals surface area contributed by atoms with E-state index >= 15 is 0 Å². The lowest BCUT2D eigenvalue weighted by Gasteiger charge is -2.45. The molecule has 0 N–H and O–H groups in total. The molecule has 2 atom stereocenters. The summed E-state index contributed by atoms with van der Waals surface area (Å²) in [7, 11) is 0.670. The maximum atomic E-state index is 11.6. The molecule has 2 unspecified atom stereocenters. The molecule has 1 aliphatic heterocycles. The van der Waals surface area contributed by atoms with Crippen molar-refractivity contribution in [2.24, 2.45) is 5.92 Å². The van der Waals surface area contributed by atoms with Gasteiger partial charge in [-0.05, 0) is 19.9 Å². The molecule has 114 valence electrons. The smallest absolute Gasteiger partial charge is 0.211 e. The van der Waals surface area contributed by atoms with Gasteiger partial charge in [-0.2, -0.15) is 0 Å². The summed E-state index contributed by atoms with van der Waals surface area (Å²) >= 11 is 0. The Morgan fingerprint density at radius 2 is 1.84 bits per heavy atom. The molecule has 1 aliphatic rings. The normalized spacial score (nSPS) is 25.2. The van der Waals surface area contributed by atoms with Gasteiger partial charge in [0.2, 0.25) is 10.0 Å². The van der Waals surface area contributed by atoms with Crippen LogP contribution >= 0.6 is 0 Å². The fourth-order valence-corrected chi connectivity index (χ4v) is 2.98. The highest BCUT2D eigenvalue weighted by Crippen LogP contribution is 2.18. The Kier molecular flexibility index (Phi) is 5.79. The minimum Gasteiger partial charge on any atom is -0.303 e. The fourth-order valence-electron chi connectivity index (χ4n) is 2.54. The first-order chi connectivity index (χ1) is 8.62. The molecule has 1 fully saturated rings. The van der Waals surface area contributed by atoms with Crippen molar-refractivity contribution in [1.82, 2.24) is 14.1 Å². The zero-order valence-electron chi connectivity index (χ0n) is 13.1. The molecule has 0 aromatic heterocycles. The quantitative estimate of drug-likeness (QED) is 0.741. The maximum Gasteiger partial charge on any atom is 0.211 e. The molecular formula is C13H29N3O2S.